The molecule has 7 nitrogen and oxygen atoms in total. The molecule has 166 valence electrons. The molecule has 11 heteroatoms. The monoisotopic (exact) mass is 449 g/mol. The number of nitrogens with zero attached hydrogens (tertiary/aromatic N) is 2. The number of rotatable bonds is 4. The second-order valence-corrected chi connectivity index (χ2v) is 7.03. The zero-order valence-corrected chi connectivity index (χ0v) is 16.2. The predicted octanol–water partition coefficient (Wildman–Crippen LogP) is 2.52. The summed E-state index contributed by atoms with van der Waals surface area (Å²) in [5.41, 5.74) is 0.514. The molecule has 32 heavy (non-hydrogen) atoms. The number of benzene rings is 1. The van der Waals surface area contributed by atoms with Crippen LogP contribution in [0.2, 0.25) is 0 Å². The third-order valence-corrected chi connectivity index (χ3v) is 4.91. The van der Waals surface area contributed by atoms with Crippen LogP contribution in [0.1, 0.15) is 16.1 Å². The van der Waals surface area contributed by atoms with Crippen molar-refractivity contribution in [2.75, 3.05) is 6.61 Å². The molecule has 1 amide bonds. The van der Waals surface area contributed by atoms with Gasteiger partial charge in [0.2, 0.25) is 0 Å². The van der Waals surface area contributed by atoms with Crippen molar-refractivity contribution in [3.05, 3.63) is 65.7 Å². The van der Waals surface area contributed by atoms with Crippen molar-refractivity contribution in [1.82, 2.24) is 15.0 Å². The standard InChI is InChI=1S/C21H15F4N3O4/c22-15-4-2-1-3-13(15)16-7-11(5-6-26-16)17-9-14-18(8-12(10-29)27-19(14)30)28(17)32-20(31)21(23,24)25/h1-7,9,12,29H,8,10H2,(H,27,30). The molecule has 3 aromatic rings. The molecule has 1 aromatic carbocycles. The number of carbonyl (C=O) groups is 2. The summed E-state index contributed by atoms with van der Waals surface area (Å²) in [7, 11) is 0. The summed E-state index contributed by atoms with van der Waals surface area (Å²) in [6.45, 7) is -0.467. The second kappa shape index (κ2) is 8.08. The van der Waals surface area contributed by atoms with Gasteiger partial charge in [-0.2, -0.15) is 17.9 Å². The largest absolute Gasteiger partial charge is 0.493 e. The molecule has 0 aliphatic carbocycles. The average molecular weight is 449 g/mol. The third kappa shape index (κ3) is 3.94. The van der Waals surface area contributed by atoms with Gasteiger partial charge in [0, 0.05) is 23.7 Å². The van der Waals surface area contributed by atoms with Gasteiger partial charge in [0.1, 0.15) is 5.82 Å². The Kier molecular flexibility index (Phi) is 5.43. The van der Waals surface area contributed by atoms with Gasteiger partial charge in [-0.15, -0.1) is 0 Å². The van der Waals surface area contributed by atoms with Gasteiger partial charge < -0.3 is 15.3 Å². The molecule has 0 fully saturated rings. The number of fused-ring (bicyclic) bond motifs is 1. The Labute approximate surface area is 178 Å². The van der Waals surface area contributed by atoms with E-state index in [1.807, 2.05) is 0 Å². The Balaban J connectivity index is 1.86. The maximum absolute atomic E-state index is 14.2. The van der Waals surface area contributed by atoms with E-state index in [1.165, 1.54) is 42.6 Å². The van der Waals surface area contributed by atoms with Crippen LogP contribution in [-0.4, -0.2) is 45.5 Å². The number of amides is 1. The Bertz CT molecular complexity index is 1210. The number of hydrogen-bond acceptors (Lipinski definition) is 5. The highest BCUT2D eigenvalue weighted by atomic mass is 19.4. The smallest absolute Gasteiger partial charge is 0.394 e. The molecule has 2 aromatic heterocycles. The van der Waals surface area contributed by atoms with E-state index in [1.54, 1.807) is 6.07 Å². The molecular formula is C21H15F4N3O4. The molecule has 0 spiro atoms. The second-order valence-electron chi connectivity index (χ2n) is 7.03. The third-order valence-electron chi connectivity index (χ3n) is 4.91. The maximum Gasteiger partial charge on any atom is 0.493 e. The first-order chi connectivity index (χ1) is 15.2. The molecule has 1 atom stereocenters. The van der Waals surface area contributed by atoms with Crippen LogP contribution in [0.4, 0.5) is 17.6 Å². The number of pyridine rings is 1. The molecule has 0 saturated carbocycles. The molecule has 3 heterocycles. The van der Waals surface area contributed by atoms with E-state index >= 15 is 0 Å². The van der Waals surface area contributed by atoms with Crippen molar-refractivity contribution in [2.45, 2.75) is 18.6 Å². The maximum atomic E-state index is 14.2. The highest BCUT2D eigenvalue weighted by Crippen LogP contribution is 2.31. The van der Waals surface area contributed by atoms with E-state index in [0.717, 1.165) is 0 Å². The number of alkyl halides is 3. The average Bonchev–Trinajstić information content (AvgIpc) is 3.12. The fraction of sp³-hybridized carbons (Fsp3) is 0.190. The SMILES string of the molecule is O=C1NC(CO)Cc2c1cc(-c1ccnc(-c3ccccc3F)c1)n2OC(=O)C(F)(F)F. The fourth-order valence-electron chi connectivity index (χ4n) is 3.43. The van der Waals surface area contributed by atoms with Crippen LogP contribution < -0.4 is 10.2 Å². The zero-order chi connectivity index (χ0) is 23.0. The van der Waals surface area contributed by atoms with Gasteiger partial charge in [-0.25, -0.2) is 9.18 Å². The highest BCUT2D eigenvalue weighted by Gasteiger charge is 2.43. The Morgan fingerprint density at radius 1 is 1.22 bits per heavy atom. The number of halogens is 4. The number of hydrogen-bond donors (Lipinski definition) is 2. The van der Waals surface area contributed by atoms with E-state index in [4.69, 9.17) is 0 Å². The van der Waals surface area contributed by atoms with Crippen molar-refractivity contribution in [3.63, 3.8) is 0 Å². The Morgan fingerprint density at radius 3 is 2.66 bits per heavy atom. The zero-order valence-electron chi connectivity index (χ0n) is 16.2. The number of aromatic nitrogens is 2. The van der Waals surface area contributed by atoms with Crippen molar-refractivity contribution < 1.29 is 37.1 Å². The first-order valence-corrected chi connectivity index (χ1v) is 9.36. The molecule has 0 bridgehead atoms. The van der Waals surface area contributed by atoms with Gasteiger partial charge in [-0.1, -0.05) is 12.1 Å². The first kappa shape index (κ1) is 21.5. The summed E-state index contributed by atoms with van der Waals surface area (Å²) in [5, 5.41) is 11.9. The molecule has 0 radical (unpaired) electrons. The minimum atomic E-state index is -5.28. The van der Waals surface area contributed by atoms with Gasteiger partial charge >= 0.3 is 12.1 Å². The van der Waals surface area contributed by atoms with Crippen molar-refractivity contribution in [3.8, 4) is 22.5 Å². The minimum absolute atomic E-state index is 0.00958. The minimum Gasteiger partial charge on any atom is -0.394 e. The molecule has 1 aliphatic heterocycles. The van der Waals surface area contributed by atoms with Gasteiger partial charge in [-0.05, 0) is 30.3 Å². The predicted molar refractivity (Wildman–Crippen MR) is 103 cm³/mol. The fourth-order valence-corrected chi connectivity index (χ4v) is 3.43. The lowest BCUT2D eigenvalue weighted by molar-refractivity contribution is -0.200. The molecule has 4 rings (SSSR count). The molecule has 1 unspecified atom stereocenters. The normalized spacial score (nSPS) is 15.8. The van der Waals surface area contributed by atoms with Crippen LogP contribution in [0.15, 0.2) is 48.7 Å². The molecule has 1 aliphatic rings. The van der Waals surface area contributed by atoms with E-state index in [2.05, 4.69) is 15.1 Å². The lowest BCUT2D eigenvalue weighted by Gasteiger charge is -2.23. The highest BCUT2D eigenvalue weighted by molar-refractivity contribution is 5.98. The van der Waals surface area contributed by atoms with Crippen LogP contribution >= 0.6 is 0 Å². The van der Waals surface area contributed by atoms with Crippen LogP contribution in [0.3, 0.4) is 0 Å². The summed E-state index contributed by atoms with van der Waals surface area (Å²) in [5.74, 6) is -3.68. The number of carbonyl (C=O) groups excluding carboxylic acids is 2. The topological polar surface area (TPSA) is 93.5 Å². The van der Waals surface area contributed by atoms with Gasteiger partial charge in [0.15, 0.2) is 0 Å². The van der Waals surface area contributed by atoms with Gasteiger partial charge in [-0.3, -0.25) is 9.78 Å². The van der Waals surface area contributed by atoms with Gasteiger partial charge in [0.05, 0.1) is 35.3 Å². The Hall–Kier alpha value is -3.73. The van der Waals surface area contributed by atoms with Crippen LogP contribution in [0.25, 0.3) is 22.5 Å². The molecular weight excluding hydrogens is 434 g/mol. The first-order valence-electron chi connectivity index (χ1n) is 9.36. The lowest BCUT2D eigenvalue weighted by Crippen LogP contribution is -2.44. The molecule has 2 N–H and O–H groups in total. The molecule has 0 saturated heterocycles. The number of aliphatic hydroxyl groups is 1. The summed E-state index contributed by atoms with van der Waals surface area (Å²) in [4.78, 5) is 32.7. The van der Waals surface area contributed by atoms with Crippen LogP contribution in [-0.2, 0) is 11.2 Å². The van der Waals surface area contributed by atoms with E-state index in [0.29, 0.717) is 4.73 Å². The van der Waals surface area contributed by atoms with Crippen LogP contribution in [0.5, 0.6) is 0 Å². The van der Waals surface area contributed by atoms with Crippen LogP contribution in [0, 0.1) is 5.82 Å². The summed E-state index contributed by atoms with van der Waals surface area (Å²) in [6.07, 6.45) is -4.04. The van der Waals surface area contributed by atoms with E-state index in [-0.39, 0.29) is 40.2 Å². The van der Waals surface area contributed by atoms with Gasteiger partial charge in [0.25, 0.3) is 5.91 Å². The van der Waals surface area contributed by atoms with Crippen molar-refractivity contribution in [2.24, 2.45) is 0 Å². The summed E-state index contributed by atoms with van der Waals surface area (Å²) in [6, 6.07) is 9.12. The van der Waals surface area contributed by atoms with Crippen molar-refractivity contribution in [1.29, 1.82) is 0 Å². The van der Waals surface area contributed by atoms with Crippen molar-refractivity contribution >= 4 is 11.9 Å². The van der Waals surface area contributed by atoms with E-state index < -0.39 is 36.5 Å². The van der Waals surface area contributed by atoms with E-state index in [9.17, 15) is 32.3 Å². The quantitative estimate of drug-likeness (QED) is 0.598. The lowest BCUT2D eigenvalue weighted by atomic mass is 10.0. The summed E-state index contributed by atoms with van der Waals surface area (Å²) >= 11 is 0. The number of nitrogens with one attached hydrogen (secondary N) is 1. The Morgan fingerprint density at radius 2 is 1.97 bits per heavy atom. The number of aliphatic hydroxyl groups excluding tert-OH is 1. The summed E-state index contributed by atoms with van der Waals surface area (Å²) < 4.78 is 53.5.